The van der Waals surface area contributed by atoms with E-state index in [4.69, 9.17) is 0 Å². The highest BCUT2D eigenvalue weighted by Crippen LogP contribution is 2.20. The van der Waals surface area contributed by atoms with Crippen molar-refractivity contribution < 1.29 is 8.42 Å². The van der Waals surface area contributed by atoms with Gasteiger partial charge in [0.05, 0.1) is 5.69 Å². The van der Waals surface area contributed by atoms with Gasteiger partial charge in [-0.1, -0.05) is 12.1 Å². The molecule has 0 fully saturated rings. The summed E-state index contributed by atoms with van der Waals surface area (Å²) in [5, 5.41) is 4.15. The molecule has 0 radical (unpaired) electrons. The van der Waals surface area contributed by atoms with Crippen LogP contribution in [0, 0.1) is 0 Å². The number of anilines is 1. The molecule has 0 unspecified atom stereocenters. The van der Waals surface area contributed by atoms with Crippen LogP contribution in [0.4, 0.5) is 5.69 Å². The molecule has 0 spiro atoms. The van der Waals surface area contributed by atoms with Gasteiger partial charge in [-0.2, -0.15) is 5.10 Å². The topological polar surface area (TPSA) is 93.9 Å². The van der Waals surface area contributed by atoms with E-state index in [1.54, 1.807) is 43.4 Å². The maximum atomic E-state index is 12.2. The van der Waals surface area contributed by atoms with E-state index in [0.29, 0.717) is 11.4 Å². The second-order valence-electron chi connectivity index (χ2n) is 5.05. The number of benzene rings is 1. The van der Waals surface area contributed by atoms with Crippen LogP contribution in [-0.2, 0) is 17.1 Å². The fourth-order valence-corrected chi connectivity index (χ4v) is 3.11. The van der Waals surface area contributed by atoms with Gasteiger partial charge in [0.15, 0.2) is 0 Å². The van der Waals surface area contributed by atoms with Gasteiger partial charge in [0, 0.05) is 36.8 Å². The molecule has 0 bridgehead atoms. The average molecular weight is 342 g/mol. The van der Waals surface area contributed by atoms with Crippen molar-refractivity contribution in [3.63, 3.8) is 0 Å². The Morgan fingerprint density at radius 2 is 1.79 bits per heavy atom. The summed E-state index contributed by atoms with van der Waals surface area (Å²) in [5.74, 6) is 0. The van der Waals surface area contributed by atoms with E-state index in [1.165, 1.54) is 29.2 Å². The molecule has 3 aromatic rings. The Balaban J connectivity index is 1.85. The molecule has 0 saturated carbocycles. The monoisotopic (exact) mass is 342 g/mol. The molecule has 1 aromatic carbocycles. The lowest BCUT2D eigenvalue weighted by Crippen LogP contribution is -2.18. The zero-order chi connectivity index (χ0) is 17.2. The number of hydrogen-bond donors (Lipinski definition) is 1. The van der Waals surface area contributed by atoms with Gasteiger partial charge in [-0.3, -0.25) is 14.5 Å². The third-order valence-electron chi connectivity index (χ3n) is 3.34. The molecule has 0 aliphatic carbocycles. The van der Waals surface area contributed by atoms with Crippen molar-refractivity contribution in [3.05, 3.63) is 71.3 Å². The van der Waals surface area contributed by atoms with E-state index >= 15 is 0 Å². The number of hydrogen-bond acceptors (Lipinski definition) is 5. The molecular weight excluding hydrogens is 328 g/mol. The Kier molecular flexibility index (Phi) is 4.13. The first kappa shape index (κ1) is 15.9. The molecule has 2 aromatic heterocycles. The second kappa shape index (κ2) is 6.25. The van der Waals surface area contributed by atoms with Crippen LogP contribution in [-0.4, -0.2) is 23.2 Å². The van der Waals surface area contributed by atoms with Crippen molar-refractivity contribution in [2.45, 2.75) is 4.90 Å². The van der Waals surface area contributed by atoms with Crippen LogP contribution < -0.4 is 10.3 Å². The number of pyridine rings is 1. The Bertz CT molecular complexity index is 1010. The van der Waals surface area contributed by atoms with Crippen molar-refractivity contribution in [2.24, 2.45) is 7.05 Å². The van der Waals surface area contributed by atoms with Gasteiger partial charge in [0.1, 0.15) is 4.90 Å². The third kappa shape index (κ3) is 3.33. The van der Waals surface area contributed by atoms with E-state index in [1.807, 2.05) is 0 Å². The number of aryl methyl sites for hydroxylation is 1. The first-order chi connectivity index (χ1) is 11.5. The number of rotatable bonds is 4. The molecule has 122 valence electrons. The summed E-state index contributed by atoms with van der Waals surface area (Å²) in [6, 6.07) is 12.8. The number of sulfonamides is 1. The molecule has 0 amide bonds. The summed E-state index contributed by atoms with van der Waals surface area (Å²) in [6.07, 6.45) is 2.79. The van der Waals surface area contributed by atoms with Crippen LogP contribution in [0.15, 0.2) is 70.6 Å². The standard InChI is InChI=1S/C16H14N4O3S/c1-20-16(21)9-8-15(18-20)12-4-6-13(7-5-12)19-24(22,23)14-3-2-10-17-11-14/h2-11,19H,1H3. The van der Waals surface area contributed by atoms with Gasteiger partial charge in [-0.25, -0.2) is 13.1 Å². The van der Waals surface area contributed by atoms with Crippen LogP contribution in [0.1, 0.15) is 0 Å². The molecule has 7 nitrogen and oxygen atoms in total. The Labute approximate surface area is 138 Å². The fraction of sp³-hybridized carbons (Fsp3) is 0.0625. The van der Waals surface area contributed by atoms with Crippen LogP contribution in [0.2, 0.25) is 0 Å². The summed E-state index contributed by atoms with van der Waals surface area (Å²) in [7, 11) is -2.11. The minimum atomic E-state index is -3.68. The third-order valence-corrected chi connectivity index (χ3v) is 4.70. The van der Waals surface area contributed by atoms with E-state index in [0.717, 1.165) is 5.56 Å². The number of nitrogens with zero attached hydrogens (tertiary/aromatic N) is 3. The van der Waals surface area contributed by atoms with Gasteiger partial charge in [-0.15, -0.1) is 0 Å². The molecule has 0 saturated heterocycles. The maximum absolute atomic E-state index is 12.2. The molecule has 24 heavy (non-hydrogen) atoms. The lowest BCUT2D eigenvalue weighted by atomic mass is 10.1. The predicted molar refractivity (Wildman–Crippen MR) is 90.0 cm³/mol. The largest absolute Gasteiger partial charge is 0.280 e. The van der Waals surface area contributed by atoms with Gasteiger partial charge >= 0.3 is 0 Å². The molecule has 8 heteroatoms. The van der Waals surface area contributed by atoms with Crippen molar-refractivity contribution in [2.75, 3.05) is 4.72 Å². The quantitative estimate of drug-likeness (QED) is 0.778. The minimum absolute atomic E-state index is 0.0915. The predicted octanol–water partition coefficient (Wildman–Crippen LogP) is 1.64. The smallest absolute Gasteiger partial charge is 0.266 e. The van der Waals surface area contributed by atoms with E-state index in [9.17, 15) is 13.2 Å². The van der Waals surface area contributed by atoms with Crippen molar-refractivity contribution in [1.82, 2.24) is 14.8 Å². The molecule has 0 aliphatic rings. The molecule has 3 rings (SSSR count). The van der Waals surface area contributed by atoms with Crippen LogP contribution in [0.3, 0.4) is 0 Å². The van der Waals surface area contributed by atoms with E-state index < -0.39 is 10.0 Å². The number of nitrogens with one attached hydrogen (secondary N) is 1. The van der Waals surface area contributed by atoms with Gasteiger partial charge in [0.2, 0.25) is 0 Å². The summed E-state index contributed by atoms with van der Waals surface area (Å²) in [6.45, 7) is 0. The highest BCUT2D eigenvalue weighted by atomic mass is 32.2. The Hall–Kier alpha value is -3.00. The molecule has 0 atom stereocenters. The van der Waals surface area contributed by atoms with Gasteiger partial charge in [-0.05, 0) is 30.3 Å². The van der Waals surface area contributed by atoms with Crippen molar-refractivity contribution in [3.8, 4) is 11.3 Å². The summed E-state index contributed by atoms with van der Waals surface area (Å²) in [4.78, 5) is 15.3. The summed E-state index contributed by atoms with van der Waals surface area (Å²) >= 11 is 0. The molecule has 2 heterocycles. The first-order valence-corrected chi connectivity index (χ1v) is 8.52. The summed E-state index contributed by atoms with van der Waals surface area (Å²) in [5.41, 5.74) is 1.63. The molecule has 1 N–H and O–H groups in total. The van der Waals surface area contributed by atoms with Crippen LogP contribution in [0.25, 0.3) is 11.3 Å². The second-order valence-corrected chi connectivity index (χ2v) is 6.73. The van der Waals surface area contributed by atoms with Gasteiger partial charge in [0.25, 0.3) is 15.6 Å². The van der Waals surface area contributed by atoms with E-state index in [-0.39, 0.29) is 10.5 Å². The average Bonchev–Trinajstić information content (AvgIpc) is 2.59. The van der Waals surface area contributed by atoms with Gasteiger partial charge < -0.3 is 0 Å². The highest BCUT2D eigenvalue weighted by Gasteiger charge is 2.14. The maximum Gasteiger partial charge on any atom is 0.266 e. The van der Waals surface area contributed by atoms with Crippen molar-refractivity contribution in [1.29, 1.82) is 0 Å². The lowest BCUT2D eigenvalue weighted by Gasteiger charge is -2.08. The van der Waals surface area contributed by atoms with Crippen LogP contribution in [0.5, 0.6) is 0 Å². The van der Waals surface area contributed by atoms with Crippen molar-refractivity contribution >= 4 is 15.7 Å². The van der Waals surface area contributed by atoms with Crippen LogP contribution >= 0.6 is 0 Å². The summed E-state index contributed by atoms with van der Waals surface area (Å²) < 4.78 is 28.2. The van der Waals surface area contributed by atoms with E-state index in [2.05, 4.69) is 14.8 Å². The zero-order valence-electron chi connectivity index (χ0n) is 12.7. The minimum Gasteiger partial charge on any atom is -0.280 e. The SMILES string of the molecule is Cn1nc(-c2ccc(NS(=O)(=O)c3cccnc3)cc2)ccc1=O. The Morgan fingerprint density at radius 1 is 1.04 bits per heavy atom. The fourth-order valence-electron chi connectivity index (χ4n) is 2.09. The Morgan fingerprint density at radius 3 is 2.42 bits per heavy atom. The highest BCUT2D eigenvalue weighted by molar-refractivity contribution is 7.92. The lowest BCUT2D eigenvalue weighted by molar-refractivity contribution is 0.601. The normalized spacial score (nSPS) is 11.2. The molecular formula is C16H14N4O3S. The zero-order valence-corrected chi connectivity index (χ0v) is 13.6. The molecule has 0 aliphatic heterocycles. The number of aromatic nitrogens is 3. The first-order valence-electron chi connectivity index (χ1n) is 7.03.